The van der Waals surface area contributed by atoms with Crippen LogP contribution in [0.2, 0.25) is 5.02 Å². The average molecular weight is 345 g/mol. The van der Waals surface area contributed by atoms with Gasteiger partial charge in [-0.25, -0.2) is 8.78 Å². The topological polar surface area (TPSA) is 0 Å². The molecule has 0 spiro atoms. The van der Waals surface area contributed by atoms with E-state index in [4.69, 9.17) is 11.6 Å². The second-order valence-corrected chi connectivity index (χ2v) is 6.49. The van der Waals surface area contributed by atoms with Gasteiger partial charge < -0.3 is 0 Å². The third-order valence-corrected chi connectivity index (χ3v) is 4.65. The molecule has 124 valence electrons. The first kappa shape index (κ1) is 16.9. The summed E-state index contributed by atoms with van der Waals surface area (Å²) >= 11 is 5.55. The largest absolute Gasteiger partial charge is 0.205 e. The first-order valence-electron chi connectivity index (χ1n) is 8.26. The highest BCUT2D eigenvalue weighted by molar-refractivity contribution is 6.31. The summed E-state index contributed by atoms with van der Waals surface area (Å²) in [7, 11) is 0. The zero-order valence-corrected chi connectivity index (χ0v) is 14.3. The number of benzene rings is 3. The lowest BCUT2D eigenvalue weighted by atomic mass is 9.98. The third kappa shape index (κ3) is 3.59. The Morgan fingerprint density at radius 1 is 0.792 bits per heavy atom. The standard InChI is InChI=1S/C21H19ClF2/c1-2-3-4-5-14-6-7-16-11-17(9-8-15(16)10-14)18-12-19(23)21(22)20(24)13-18/h6-13H,2-5H2,1H3. The predicted octanol–water partition coefficient (Wildman–Crippen LogP) is 7.17. The lowest BCUT2D eigenvalue weighted by Crippen LogP contribution is -1.88. The van der Waals surface area contributed by atoms with Crippen LogP contribution in [-0.4, -0.2) is 0 Å². The van der Waals surface area contributed by atoms with Gasteiger partial charge in [0.1, 0.15) is 16.7 Å². The molecule has 0 atom stereocenters. The van der Waals surface area contributed by atoms with Gasteiger partial charge in [0.2, 0.25) is 0 Å². The maximum Gasteiger partial charge on any atom is 0.145 e. The first-order valence-corrected chi connectivity index (χ1v) is 8.64. The van der Waals surface area contributed by atoms with Crippen molar-refractivity contribution in [2.45, 2.75) is 32.6 Å². The monoisotopic (exact) mass is 344 g/mol. The SMILES string of the molecule is CCCCCc1ccc2cc(-c3cc(F)c(Cl)c(F)c3)ccc2c1. The molecule has 3 heteroatoms. The summed E-state index contributed by atoms with van der Waals surface area (Å²) in [5, 5.41) is 1.74. The lowest BCUT2D eigenvalue weighted by molar-refractivity contribution is 0.585. The molecule has 0 fully saturated rings. The van der Waals surface area contributed by atoms with E-state index >= 15 is 0 Å². The molecule has 0 aliphatic heterocycles. The van der Waals surface area contributed by atoms with E-state index in [1.807, 2.05) is 18.2 Å². The second-order valence-electron chi connectivity index (χ2n) is 6.11. The van der Waals surface area contributed by atoms with Crippen molar-refractivity contribution in [1.29, 1.82) is 0 Å². The average Bonchev–Trinajstić information content (AvgIpc) is 2.59. The molecule has 0 nitrogen and oxygen atoms in total. The fourth-order valence-corrected chi connectivity index (χ4v) is 3.04. The summed E-state index contributed by atoms with van der Waals surface area (Å²) in [6.07, 6.45) is 4.73. The van der Waals surface area contributed by atoms with E-state index in [2.05, 4.69) is 25.1 Å². The van der Waals surface area contributed by atoms with Gasteiger partial charge in [-0.2, -0.15) is 0 Å². The minimum atomic E-state index is -0.738. The maximum absolute atomic E-state index is 13.7. The summed E-state index contributed by atoms with van der Waals surface area (Å²) in [6.45, 7) is 2.20. The number of halogens is 3. The van der Waals surface area contributed by atoms with Gasteiger partial charge in [0.15, 0.2) is 0 Å². The van der Waals surface area contributed by atoms with Crippen LogP contribution in [0.1, 0.15) is 31.7 Å². The van der Waals surface area contributed by atoms with Gasteiger partial charge in [-0.05, 0) is 58.5 Å². The lowest BCUT2D eigenvalue weighted by Gasteiger charge is -2.08. The van der Waals surface area contributed by atoms with Gasteiger partial charge in [-0.1, -0.05) is 61.7 Å². The van der Waals surface area contributed by atoms with Gasteiger partial charge in [0, 0.05) is 0 Å². The Hall–Kier alpha value is -1.93. The fraction of sp³-hybridized carbons (Fsp3) is 0.238. The van der Waals surface area contributed by atoms with Gasteiger partial charge in [-0.15, -0.1) is 0 Å². The molecule has 0 saturated heterocycles. The predicted molar refractivity (Wildman–Crippen MR) is 97.5 cm³/mol. The summed E-state index contributed by atoms with van der Waals surface area (Å²) in [6, 6.07) is 14.8. The molecule has 0 N–H and O–H groups in total. The molecule has 24 heavy (non-hydrogen) atoms. The Bertz CT molecular complexity index is 848. The third-order valence-electron chi connectivity index (χ3n) is 4.29. The number of unbranched alkanes of at least 4 members (excludes halogenated alkanes) is 2. The minimum Gasteiger partial charge on any atom is -0.205 e. The summed E-state index contributed by atoms with van der Waals surface area (Å²) in [5.41, 5.74) is 2.59. The van der Waals surface area contributed by atoms with Crippen molar-refractivity contribution in [3.8, 4) is 11.1 Å². The Morgan fingerprint density at radius 3 is 2.17 bits per heavy atom. The van der Waals surface area contributed by atoms with Crippen LogP contribution in [0.5, 0.6) is 0 Å². The van der Waals surface area contributed by atoms with Crippen LogP contribution >= 0.6 is 11.6 Å². The van der Waals surface area contributed by atoms with E-state index in [9.17, 15) is 8.78 Å². The van der Waals surface area contributed by atoms with E-state index in [0.29, 0.717) is 5.56 Å². The van der Waals surface area contributed by atoms with Crippen LogP contribution in [0.3, 0.4) is 0 Å². The summed E-state index contributed by atoms with van der Waals surface area (Å²) in [4.78, 5) is 0. The van der Waals surface area contributed by atoms with Crippen molar-refractivity contribution in [3.05, 3.63) is 70.8 Å². The highest BCUT2D eigenvalue weighted by Gasteiger charge is 2.10. The molecule has 0 aliphatic rings. The van der Waals surface area contributed by atoms with Gasteiger partial charge in [0.25, 0.3) is 0 Å². The molecule has 3 rings (SSSR count). The van der Waals surface area contributed by atoms with Crippen molar-refractivity contribution in [1.82, 2.24) is 0 Å². The van der Waals surface area contributed by atoms with Crippen LogP contribution in [0.25, 0.3) is 21.9 Å². The number of rotatable bonds is 5. The van der Waals surface area contributed by atoms with Gasteiger partial charge in [0.05, 0.1) is 0 Å². The molecule has 0 bridgehead atoms. The van der Waals surface area contributed by atoms with Gasteiger partial charge in [-0.3, -0.25) is 0 Å². The molecular formula is C21H19ClF2. The molecule has 3 aromatic carbocycles. The Labute approximate surface area is 146 Å². The quantitative estimate of drug-likeness (QED) is 0.340. The Kier molecular flexibility index (Phi) is 5.15. The van der Waals surface area contributed by atoms with Crippen LogP contribution in [0.4, 0.5) is 8.78 Å². The van der Waals surface area contributed by atoms with Crippen molar-refractivity contribution in [3.63, 3.8) is 0 Å². The second kappa shape index (κ2) is 7.31. The number of hydrogen-bond donors (Lipinski definition) is 0. The minimum absolute atomic E-state index is 0.462. The highest BCUT2D eigenvalue weighted by atomic mass is 35.5. The molecule has 0 amide bonds. The van der Waals surface area contributed by atoms with Crippen LogP contribution < -0.4 is 0 Å². The number of hydrogen-bond acceptors (Lipinski definition) is 0. The summed E-state index contributed by atoms with van der Waals surface area (Å²) in [5.74, 6) is -1.48. The van der Waals surface area contributed by atoms with E-state index in [-0.39, 0.29) is 0 Å². The van der Waals surface area contributed by atoms with Crippen molar-refractivity contribution in [2.24, 2.45) is 0 Å². The molecule has 0 aliphatic carbocycles. The first-order chi connectivity index (χ1) is 11.6. The van der Waals surface area contributed by atoms with Crippen molar-refractivity contribution in [2.75, 3.05) is 0 Å². The normalized spacial score (nSPS) is 11.2. The molecule has 0 radical (unpaired) electrons. The van der Waals surface area contributed by atoms with Crippen LogP contribution in [0, 0.1) is 11.6 Å². The van der Waals surface area contributed by atoms with Gasteiger partial charge >= 0.3 is 0 Å². The van der Waals surface area contributed by atoms with Crippen molar-refractivity contribution < 1.29 is 8.78 Å². The van der Waals surface area contributed by atoms with Crippen LogP contribution in [-0.2, 0) is 6.42 Å². The highest BCUT2D eigenvalue weighted by Crippen LogP contribution is 2.29. The van der Waals surface area contributed by atoms with E-state index in [1.54, 1.807) is 0 Å². The smallest absolute Gasteiger partial charge is 0.145 e. The molecule has 0 unspecified atom stereocenters. The fourth-order valence-electron chi connectivity index (χ4n) is 2.93. The molecular weight excluding hydrogens is 326 g/mol. The van der Waals surface area contributed by atoms with E-state index in [0.717, 1.165) is 22.8 Å². The summed E-state index contributed by atoms with van der Waals surface area (Å²) < 4.78 is 27.3. The maximum atomic E-state index is 13.7. The Morgan fingerprint density at radius 2 is 1.46 bits per heavy atom. The van der Waals surface area contributed by atoms with Crippen molar-refractivity contribution >= 4 is 22.4 Å². The number of aryl methyl sites for hydroxylation is 1. The van der Waals surface area contributed by atoms with E-state index in [1.165, 1.54) is 37.0 Å². The molecule has 0 saturated carbocycles. The molecule has 3 aromatic rings. The Balaban J connectivity index is 1.93. The molecule has 0 aromatic heterocycles. The van der Waals surface area contributed by atoms with Crippen LogP contribution in [0.15, 0.2) is 48.5 Å². The van der Waals surface area contributed by atoms with E-state index < -0.39 is 16.7 Å². The zero-order valence-electron chi connectivity index (χ0n) is 13.6. The molecule has 0 heterocycles. The zero-order chi connectivity index (χ0) is 17.1. The number of fused-ring (bicyclic) bond motifs is 1.